The van der Waals surface area contributed by atoms with E-state index in [1.54, 1.807) is 0 Å². The van der Waals surface area contributed by atoms with Crippen LogP contribution in [0.2, 0.25) is 0 Å². The van der Waals surface area contributed by atoms with Gasteiger partial charge in [-0.05, 0) is 0 Å². The van der Waals surface area contributed by atoms with E-state index >= 15 is 0 Å². The summed E-state index contributed by atoms with van der Waals surface area (Å²) in [6.45, 7) is 24.6. The number of allylic oxidation sites excluding steroid dienone is 4. The molecule has 5 aromatic carbocycles. The molecule has 0 saturated heterocycles. The molecule has 0 radical (unpaired) electrons. The Balaban J connectivity index is 0.000000263. The van der Waals surface area contributed by atoms with Gasteiger partial charge < -0.3 is 24.8 Å². The van der Waals surface area contributed by atoms with Crippen molar-refractivity contribution < 1.29 is 49.0 Å². The van der Waals surface area contributed by atoms with Crippen LogP contribution in [0.25, 0.3) is 21.5 Å². The molecule has 0 spiro atoms. The van der Waals surface area contributed by atoms with Crippen molar-refractivity contribution >= 4 is 24.8 Å². The summed E-state index contributed by atoms with van der Waals surface area (Å²) in [4.78, 5) is 0. The van der Waals surface area contributed by atoms with Crippen molar-refractivity contribution in [3.63, 3.8) is 0 Å². The molecule has 6 rings (SSSR count). The minimum atomic E-state index is 0. The molecule has 1 atom stereocenters. The Labute approximate surface area is 318 Å². The number of fused-ring (bicyclic) bond motifs is 3. The Bertz CT molecular complexity index is 1740. The maximum Gasteiger partial charge on any atom is -0.0716 e. The molecule has 0 nitrogen and oxygen atoms in total. The minimum absolute atomic E-state index is 0. The normalized spacial score (nSPS) is 14.4. The summed E-state index contributed by atoms with van der Waals surface area (Å²) in [5.41, 5.74) is 9.00. The van der Waals surface area contributed by atoms with Crippen molar-refractivity contribution in [1.82, 2.24) is 0 Å². The van der Waals surface area contributed by atoms with E-state index in [0.29, 0.717) is 11.3 Å². The molecule has 0 saturated carbocycles. The van der Waals surface area contributed by atoms with E-state index in [0.717, 1.165) is 0 Å². The van der Waals surface area contributed by atoms with E-state index in [-0.39, 0.29) is 35.6 Å². The molecule has 0 aliphatic heterocycles. The maximum atomic E-state index is 3.40. The molecule has 1 aliphatic carbocycles. The molecular weight excluding hydrogens is 703 g/mol. The molecule has 0 fully saturated rings. The third-order valence-electron chi connectivity index (χ3n) is 8.67. The van der Waals surface area contributed by atoms with Gasteiger partial charge in [0.25, 0.3) is 0 Å². The van der Waals surface area contributed by atoms with Gasteiger partial charge in [0.2, 0.25) is 0 Å². The Kier molecular flexibility index (Phi) is 14.8. The Morgan fingerprint density at radius 3 is 1.25 bits per heavy atom. The van der Waals surface area contributed by atoms with Gasteiger partial charge in [0, 0.05) is 0 Å². The van der Waals surface area contributed by atoms with Gasteiger partial charge in [-0.15, -0.1) is 39.7 Å². The summed E-state index contributed by atoms with van der Waals surface area (Å²) in [6, 6.07) is 37.4. The number of benzene rings is 4. The SMILES string of the molecule is CC(C)(C)c1ccc([C](=[Zr+2])c2ccc(C(C)(C)C)cc2)cc1.CC1=[C-]C(C)C=C1C(C)(C)C.[Cl-].[Cl-].c1ccc2c(c1)[cH-]c1ccccc12. The first-order chi connectivity index (χ1) is 21.4. The van der Waals surface area contributed by atoms with Crippen molar-refractivity contribution in [3.8, 4) is 0 Å². The fourth-order valence-corrected chi connectivity index (χ4v) is 6.81. The number of hydrogen-bond acceptors (Lipinski definition) is 0. The summed E-state index contributed by atoms with van der Waals surface area (Å²) in [5.74, 6) is 0.518. The van der Waals surface area contributed by atoms with Gasteiger partial charge in [-0.25, -0.2) is 5.57 Å². The maximum absolute atomic E-state index is 3.40. The van der Waals surface area contributed by atoms with Crippen molar-refractivity contribution in [2.75, 3.05) is 0 Å². The predicted octanol–water partition coefficient (Wildman–Crippen LogP) is 6.48. The zero-order chi connectivity index (χ0) is 33.9. The Hall–Kier alpha value is -2.44. The molecule has 0 N–H and O–H groups in total. The number of rotatable bonds is 2. The predicted molar refractivity (Wildman–Crippen MR) is 200 cm³/mol. The van der Waals surface area contributed by atoms with Gasteiger partial charge in [0.05, 0.1) is 0 Å². The van der Waals surface area contributed by atoms with Crippen LogP contribution in [0.15, 0.2) is 120 Å². The fourth-order valence-electron chi connectivity index (χ4n) is 5.99. The van der Waals surface area contributed by atoms with E-state index in [1.165, 1.54) is 82.4 Å². The molecule has 0 amide bonds. The van der Waals surface area contributed by atoms with Gasteiger partial charge in [0.15, 0.2) is 0 Å². The van der Waals surface area contributed by atoms with Crippen molar-refractivity contribution in [3.05, 3.63) is 149 Å². The Morgan fingerprint density at radius 2 is 0.958 bits per heavy atom. The second-order valence-electron chi connectivity index (χ2n) is 15.7. The van der Waals surface area contributed by atoms with E-state index in [2.05, 4.69) is 191 Å². The zero-order valence-electron chi connectivity index (χ0n) is 30.7. The first-order valence-corrected chi connectivity index (χ1v) is 17.8. The largest absolute Gasteiger partial charge is 1.00 e. The smallest absolute Gasteiger partial charge is 0.0716 e. The van der Waals surface area contributed by atoms with Crippen LogP contribution < -0.4 is 24.8 Å². The molecule has 1 aliphatic rings. The van der Waals surface area contributed by atoms with Crippen LogP contribution in [0, 0.1) is 17.4 Å². The third kappa shape index (κ3) is 10.8. The summed E-state index contributed by atoms with van der Waals surface area (Å²) in [5, 5.41) is 5.39. The molecule has 0 aromatic heterocycles. The van der Waals surface area contributed by atoms with Gasteiger partial charge in [-0.2, -0.15) is 11.6 Å². The second-order valence-corrected chi connectivity index (χ2v) is 17.0. The molecule has 5 aromatic rings. The third-order valence-corrected chi connectivity index (χ3v) is 10.1. The summed E-state index contributed by atoms with van der Waals surface area (Å²) >= 11 is 1.46. The average Bonchev–Trinajstić information content (AvgIpc) is 3.55. The first-order valence-electron chi connectivity index (χ1n) is 16.6. The molecule has 3 heteroatoms. The van der Waals surface area contributed by atoms with Crippen LogP contribution >= 0.6 is 0 Å². The van der Waals surface area contributed by atoms with Crippen LogP contribution in [-0.4, -0.2) is 3.21 Å². The van der Waals surface area contributed by atoms with Crippen LogP contribution in [0.1, 0.15) is 98.4 Å². The summed E-state index contributed by atoms with van der Waals surface area (Å²) < 4.78 is 1.42. The molecule has 1 unspecified atom stereocenters. The standard InChI is InChI=1S/C21H26.C13H9.C11H17.2ClH.Zr/c1-20(2,3)18-11-7-16(8-12-18)15-17-9-13-19(14-10-17)21(4,5)6;1-3-7-12-10(5-1)9-11-6-2-4-8-13(11)12;1-8-6-9(2)10(7-8)11(3,4)5;;;/h7-14H,1-6H3;1-9H;7-8H,1-5H3;2*1H;/q;2*-1;;;+2/p-2. The van der Waals surface area contributed by atoms with E-state index in [9.17, 15) is 0 Å². The monoisotopic (exact) mass is 752 g/mol. The fraction of sp³-hybridized carbons (Fsp3) is 0.333. The van der Waals surface area contributed by atoms with E-state index in [1.807, 2.05) is 0 Å². The Morgan fingerprint density at radius 1 is 0.583 bits per heavy atom. The van der Waals surface area contributed by atoms with E-state index < -0.39 is 0 Å². The molecule has 252 valence electrons. The van der Waals surface area contributed by atoms with Gasteiger partial charge >= 0.3 is 151 Å². The zero-order valence-corrected chi connectivity index (χ0v) is 34.7. The van der Waals surface area contributed by atoms with Gasteiger partial charge in [-0.3, -0.25) is 6.08 Å². The summed E-state index contributed by atoms with van der Waals surface area (Å²) in [7, 11) is 0. The molecular formula is C45H52Cl2Zr-2. The van der Waals surface area contributed by atoms with Crippen molar-refractivity contribution in [2.24, 2.45) is 11.3 Å². The topological polar surface area (TPSA) is 0 Å². The van der Waals surface area contributed by atoms with Crippen LogP contribution in [0.4, 0.5) is 0 Å². The molecule has 0 bridgehead atoms. The van der Waals surface area contributed by atoms with Crippen LogP contribution in [0.3, 0.4) is 0 Å². The first kappa shape index (κ1) is 41.7. The minimum Gasteiger partial charge on any atom is -1.00 e. The molecule has 0 heterocycles. The van der Waals surface area contributed by atoms with Gasteiger partial charge in [-0.1, -0.05) is 82.3 Å². The second kappa shape index (κ2) is 17.0. The average molecular weight is 755 g/mol. The summed E-state index contributed by atoms with van der Waals surface area (Å²) in [6.07, 6.45) is 5.71. The van der Waals surface area contributed by atoms with Crippen molar-refractivity contribution in [2.45, 2.75) is 87.0 Å². The number of halogens is 2. The van der Waals surface area contributed by atoms with Crippen LogP contribution in [-0.2, 0) is 35.1 Å². The van der Waals surface area contributed by atoms with E-state index in [4.69, 9.17) is 0 Å². The van der Waals surface area contributed by atoms with Crippen molar-refractivity contribution in [1.29, 1.82) is 0 Å². The van der Waals surface area contributed by atoms with Crippen LogP contribution in [0.5, 0.6) is 0 Å². The number of hydrogen-bond donors (Lipinski definition) is 0. The molecule has 48 heavy (non-hydrogen) atoms. The van der Waals surface area contributed by atoms with Gasteiger partial charge in [0.1, 0.15) is 0 Å². The quantitative estimate of drug-likeness (QED) is 0.181.